The fourth-order valence-corrected chi connectivity index (χ4v) is 3.93. The molecule has 1 fully saturated rings. The molecular weight excluding hydrogens is 352 g/mol. The first kappa shape index (κ1) is 17.4. The Morgan fingerprint density at radius 3 is 2.76 bits per heavy atom. The van der Waals surface area contributed by atoms with Gasteiger partial charge in [0, 0.05) is 23.9 Å². The van der Waals surface area contributed by atoms with Crippen molar-refractivity contribution in [3.05, 3.63) is 47.0 Å². The third kappa shape index (κ3) is 3.65. The van der Waals surface area contributed by atoms with Crippen molar-refractivity contribution in [2.75, 3.05) is 6.54 Å². The highest BCUT2D eigenvalue weighted by molar-refractivity contribution is 8.26. The van der Waals surface area contributed by atoms with Crippen molar-refractivity contribution in [3.63, 3.8) is 0 Å². The lowest BCUT2D eigenvalue weighted by atomic mass is 10.1. The number of carbonyl (C=O) groups is 1. The van der Waals surface area contributed by atoms with E-state index in [0.29, 0.717) is 28.7 Å². The van der Waals surface area contributed by atoms with Crippen molar-refractivity contribution in [3.8, 4) is 17.3 Å². The number of thioether (sulfide) groups is 1. The van der Waals surface area contributed by atoms with Gasteiger partial charge in [0.25, 0.3) is 5.91 Å². The van der Waals surface area contributed by atoms with Crippen LogP contribution in [-0.2, 0) is 11.3 Å². The zero-order valence-corrected chi connectivity index (χ0v) is 15.3. The highest BCUT2D eigenvalue weighted by Crippen LogP contribution is 2.34. The number of thiocarbonyl (C=S) groups is 1. The Kier molecular flexibility index (Phi) is 5.31. The van der Waals surface area contributed by atoms with E-state index in [9.17, 15) is 4.79 Å². The number of carbonyl (C=O) groups excluding carboxylic acids is 1. The van der Waals surface area contributed by atoms with Crippen LogP contribution >= 0.6 is 24.0 Å². The van der Waals surface area contributed by atoms with E-state index >= 15 is 0 Å². The second-order valence-corrected chi connectivity index (χ2v) is 7.07. The van der Waals surface area contributed by atoms with Gasteiger partial charge < -0.3 is 0 Å². The van der Waals surface area contributed by atoms with Crippen LogP contribution in [-0.4, -0.2) is 31.5 Å². The molecule has 0 aliphatic carbocycles. The minimum absolute atomic E-state index is 0.0683. The SMILES string of the molecule is CCN1C(=O)/C(=C\c2cn(CCC#N)nc2-c2ccccc2)SC1=S. The minimum Gasteiger partial charge on any atom is -0.293 e. The molecule has 2 aromatic rings. The number of aryl methyl sites for hydroxylation is 1. The van der Waals surface area contributed by atoms with Crippen molar-refractivity contribution in [1.29, 1.82) is 5.26 Å². The molecule has 5 nitrogen and oxygen atoms in total. The monoisotopic (exact) mass is 368 g/mol. The fourth-order valence-electron chi connectivity index (χ4n) is 2.56. The highest BCUT2D eigenvalue weighted by atomic mass is 32.2. The zero-order valence-electron chi connectivity index (χ0n) is 13.7. The Hall–Kier alpha value is -2.43. The van der Waals surface area contributed by atoms with Crippen molar-refractivity contribution in [2.45, 2.75) is 19.9 Å². The quantitative estimate of drug-likeness (QED) is 0.595. The van der Waals surface area contributed by atoms with Gasteiger partial charge in [0.2, 0.25) is 0 Å². The van der Waals surface area contributed by atoms with Gasteiger partial charge in [0.1, 0.15) is 4.32 Å². The molecule has 25 heavy (non-hydrogen) atoms. The summed E-state index contributed by atoms with van der Waals surface area (Å²) in [6, 6.07) is 11.9. The van der Waals surface area contributed by atoms with Crippen LogP contribution in [0.4, 0.5) is 0 Å². The largest absolute Gasteiger partial charge is 0.293 e. The predicted octanol–water partition coefficient (Wildman–Crippen LogP) is 3.68. The number of hydrogen-bond donors (Lipinski definition) is 0. The molecule has 0 radical (unpaired) electrons. The Balaban J connectivity index is 2.02. The topological polar surface area (TPSA) is 61.9 Å². The standard InChI is InChI=1S/C18H16N4OS2/c1-2-22-17(23)15(25-18(22)24)11-14-12-21(10-6-9-19)20-16(14)13-7-4-3-5-8-13/h3-5,7-8,11-12H,2,6,10H2,1H3/b15-11+. The van der Waals surface area contributed by atoms with E-state index < -0.39 is 0 Å². The molecule has 0 unspecified atom stereocenters. The van der Waals surface area contributed by atoms with E-state index in [4.69, 9.17) is 17.5 Å². The van der Waals surface area contributed by atoms with Crippen LogP contribution in [0.2, 0.25) is 0 Å². The van der Waals surface area contributed by atoms with Gasteiger partial charge in [0.15, 0.2) is 0 Å². The Labute approximate surface area is 155 Å². The van der Waals surface area contributed by atoms with E-state index in [1.54, 1.807) is 9.58 Å². The number of benzene rings is 1. The second-order valence-electron chi connectivity index (χ2n) is 5.40. The Bertz CT molecular complexity index is 880. The molecule has 126 valence electrons. The first-order valence-electron chi connectivity index (χ1n) is 7.89. The lowest BCUT2D eigenvalue weighted by Gasteiger charge is -2.09. The van der Waals surface area contributed by atoms with Crippen molar-refractivity contribution < 1.29 is 4.79 Å². The first-order valence-corrected chi connectivity index (χ1v) is 9.11. The molecule has 1 aromatic heterocycles. The summed E-state index contributed by atoms with van der Waals surface area (Å²) in [6.45, 7) is 2.98. The molecule has 1 aliphatic rings. The maximum absolute atomic E-state index is 12.5. The van der Waals surface area contributed by atoms with Crippen LogP contribution in [0, 0.1) is 11.3 Å². The van der Waals surface area contributed by atoms with Crippen LogP contribution in [0.3, 0.4) is 0 Å². The summed E-state index contributed by atoms with van der Waals surface area (Å²) >= 11 is 6.58. The van der Waals surface area contributed by atoms with E-state index in [2.05, 4.69) is 11.2 Å². The molecule has 1 aromatic carbocycles. The molecule has 1 saturated heterocycles. The van der Waals surface area contributed by atoms with Gasteiger partial charge in [-0.05, 0) is 13.0 Å². The third-order valence-electron chi connectivity index (χ3n) is 3.77. The molecule has 7 heteroatoms. The number of nitriles is 1. The second kappa shape index (κ2) is 7.64. The summed E-state index contributed by atoms with van der Waals surface area (Å²) < 4.78 is 2.33. The summed E-state index contributed by atoms with van der Waals surface area (Å²) in [6.07, 6.45) is 4.10. The zero-order chi connectivity index (χ0) is 17.8. The van der Waals surface area contributed by atoms with Crippen molar-refractivity contribution in [1.82, 2.24) is 14.7 Å². The predicted molar refractivity (Wildman–Crippen MR) is 103 cm³/mol. The van der Waals surface area contributed by atoms with Crippen molar-refractivity contribution >= 4 is 40.3 Å². The highest BCUT2D eigenvalue weighted by Gasteiger charge is 2.31. The number of amides is 1. The molecule has 0 spiro atoms. The molecule has 0 N–H and O–H groups in total. The summed E-state index contributed by atoms with van der Waals surface area (Å²) in [5, 5.41) is 13.4. The number of hydrogen-bond acceptors (Lipinski definition) is 5. The minimum atomic E-state index is -0.0683. The third-order valence-corrected chi connectivity index (χ3v) is 5.14. The van der Waals surface area contributed by atoms with Crippen LogP contribution in [0.25, 0.3) is 17.3 Å². The molecule has 0 saturated carbocycles. The molecule has 3 rings (SSSR count). The van der Waals surface area contributed by atoms with Gasteiger partial charge in [-0.1, -0.05) is 54.3 Å². The molecule has 0 bridgehead atoms. The molecule has 0 atom stereocenters. The molecule has 1 aliphatic heterocycles. The van der Waals surface area contributed by atoms with Crippen LogP contribution in [0.1, 0.15) is 18.9 Å². The van der Waals surface area contributed by atoms with Gasteiger partial charge in [-0.25, -0.2) is 0 Å². The summed E-state index contributed by atoms with van der Waals surface area (Å²) in [7, 11) is 0. The van der Waals surface area contributed by atoms with Crippen molar-refractivity contribution in [2.24, 2.45) is 0 Å². The van der Waals surface area contributed by atoms with E-state index in [-0.39, 0.29) is 5.91 Å². The molecule has 2 heterocycles. The van der Waals surface area contributed by atoms with Gasteiger partial charge in [-0.3, -0.25) is 14.4 Å². The van der Waals surface area contributed by atoms with Crippen LogP contribution in [0.5, 0.6) is 0 Å². The van der Waals surface area contributed by atoms with Crippen LogP contribution < -0.4 is 0 Å². The average molecular weight is 368 g/mol. The number of rotatable bonds is 5. The Morgan fingerprint density at radius 2 is 2.12 bits per heavy atom. The fraction of sp³-hybridized carbons (Fsp3) is 0.222. The normalized spacial score (nSPS) is 15.8. The maximum atomic E-state index is 12.5. The summed E-state index contributed by atoms with van der Waals surface area (Å²) in [4.78, 5) is 14.6. The van der Waals surface area contributed by atoms with Gasteiger partial charge in [-0.2, -0.15) is 10.4 Å². The molecular formula is C18H16N4OS2. The average Bonchev–Trinajstić information content (AvgIpc) is 3.14. The number of nitrogens with zero attached hydrogens (tertiary/aromatic N) is 4. The first-order chi connectivity index (χ1) is 12.1. The van der Waals surface area contributed by atoms with E-state index in [1.165, 1.54) is 11.8 Å². The van der Waals surface area contributed by atoms with Crippen LogP contribution in [0.15, 0.2) is 41.4 Å². The summed E-state index contributed by atoms with van der Waals surface area (Å²) in [5.41, 5.74) is 2.61. The lowest BCUT2D eigenvalue weighted by molar-refractivity contribution is -0.121. The Morgan fingerprint density at radius 1 is 1.36 bits per heavy atom. The lowest BCUT2D eigenvalue weighted by Crippen LogP contribution is -2.27. The smallest absolute Gasteiger partial charge is 0.266 e. The van der Waals surface area contributed by atoms with Gasteiger partial charge >= 0.3 is 0 Å². The molecule has 1 amide bonds. The summed E-state index contributed by atoms with van der Waals surface area (Å²) in [5.74, 6) is -0.0683. The van der Waals surface area contributed by atoms with E-state index in [0.717, 1.165) is 16.8 Å². The maximum Gasteiger partial charge on any atom is 0.266 e. The van der Waals surface area contributed by atoms with Gasteiger partial charge in [-0.15, -0.1) is 0 Å². The number of likely N-dealkylation sites (N-methyl/N-ethyl adjacent to an activating group) is 1. The number of aromatic nitrogens is 2. The van der Waals surface area contributed by atoms with Gasteiger partial charge in [0.05, 0.1) is 29.6 Å². The van der Waals surface area contributed by atoms with E-state index in [1.807, 2.05) is 49.5 Å².